The third-order valence-electron chi connectivity index (χ3n) is 10.0. The van der Waals surface area contributed by atoms with Gasteiger partial charge >= 0.3 is 5.97 Å². The number of nitrogens with zero attached hydrogens (tertiary/aromatic N) is 3. The molecule has 4 aliphatic heterocycles. The van der Waals surface area contributed by atoms with E-state index in [1.165, 1.54) is 40.5 Å². The molecule has 1 aromatic heterocycles. The Morgan fingerprint density at radius 1 is 1.00 bits per heavy atom. The second kappa shape index (κ2) is 11.7. The molecular weight excluding hydrogens is 548 g/mol. The molecule has 0 unspecified atom stereocenters. The lowest BCUT2D eigenvalue weighted by molar-refractivity contribution is -0.140. The summed E-state index contributed by atoms with van der Waals surface area (Å²) >= 11 is 0. The number of aliphatic hydroxyl groups is 1. The number of allylic oxidation sites excluding steroid dienone is 9. The van der Waals surface area contributed by atoms with Crippen LogP contribution in [0.5, 0.6) is 0 Å². The minimum atomic E-state index is -0.216. The highest BCUT2D eigenvalue weighted by Gasteiger charge is 2.41. The van der Waals surface area contributed by atoms with Crippen molar-refractivity contribution >= 4 is 35.3 Å². The Balaban J connectivity index is 1.65. The number of carbonyl (C=O) groups excluding carboxylic acids is 1. The molecule has 228 valence electrons. The highest BCUT2D eigenvalue weighted by Crippen LogP contribution is 2.47. The topological polar surface area (TPSA) is 99.4 Å². The molecule has 8 bridgehead atoms. The molecule has 5 aliphatic rings. The molecule has 0 radical (unpaired) electrons. The molecule has 5 heterocycles. The Morgan fingerprint density at radius 2 is 1.73 bits per heavy atom. The predicted molar refractivity (Wildman–Crippen MR) is 179 cm³/mol. The van der Waals surface area contributed by atoms with E-state index in [2.05, 4.69) is 58.7 Å². The molecule has 0 aromatic carbocycles. The number of esters is 1. The Morgan fingerprint density at radius 3 is 2.43 bits per heavy atom. The number of aromatic nitrogens is 1. The van der Waals surface area contributed by atoms with Crippen LogP contribution in [0.3, 0.4) is 0 Å². The van der Waals surface area contributed by atoms with Gasteiger partial charge in [0.1, 0.15) is 0 Å². The summed E-state index contributed by atoms with van der Waals surface area (Å²) in [5.41, 5.74) is 17.4. The van der Waals surface area contributed by atoms with Crippen molar-refractivity contribution < 1.29 is 14.6 Å². The van der Waals surface area contributed by atoms with Crippen LogP contribution in [0.15, 0.2) is 83.9 Å². The van der Waals surface area contributed by atoms with E-state index in [0.717, 1.165) is 88.7 Å². The van der Waals surface area contributed by atoms with Crippen LogP contribution < -0.4 is 0 Å². The van der Waals surface area contributed by atoms with Crippen molar-refractivity contribution in [2.45, 2.75) is 80.1 Å². The molecule has 6 rings (SSSR count). The normalized spacial score (nSPS) is 23.6. The number of H-pyrrole nitrogens is 1. The highest BCUT2D eigenvalue weighted by molar-refractivity contribution is 6.33. The molecule has 1 saturated carbocycles. The van der Waals surface area contributed by atoms with Gasteiger partial charge in [-0.05, 0) is 111 Å². The minimum Gasteiger partial charge on any atom is -0.516 e. The Hall–Kier alpha value is -4.26. The fourth-order valence-electron chi connectivity index (χ4n) is 7.55. The van der Waals surface area contributed by atoms with Crippen molar-refractivity contribution in [2.75, 3.05) is 7.11 Å². The first-order valence-corrected chi connectivity index (χ1v) is 15.9. The van der Waals surface area contributed by atoms with E-state index < -0.39 is 0 Å². The largest absolute Gasteiger partial charge is 0.516 e. The van der Waals surface area contributed by atoms with Crippen molar-refractivity contribution in [3.63, 3.8) is 0 Å². The minimum absolute atomic E-state index is 0.0239. The number of rotatable bonds is 6. The second-order valence-electron chi connectivity index (χ2n) is 12.2. The maximum absolute atomic E-state index is 12.3. The number of aromatic amines is 1. The Labute approximate surface area is 260 Å². The molecule has 2 N–H and O–H groups in total. The van der Waals surface area contributed by atoms with Gasteiger partial charge in [-0.25, -0.2) is 9.98 Å². The molecule has 1 aliphatic carbocycles. The van der Waals surface area contributed by atoms with E-state index >= 15 is 0 Å². The highest BCUT2D eigenvalue weighted by atomic mass is 16.5. The fraction of sp³-hybridized carbons (Fsp3) is 0.405. The van der Waals surface area contributed by atoms with Crippen LogP contribution >= 0.6 is 0 Å². The van der Waals surface area contributed by atoms with E-state index in [1.54, 1.807) is 6.08 Å². The number of methoxy groups -OCH3 is 1. The zero-order valence-electron chi connectivity index (χ0n) is 26.9. The van der Waals surface area contributed by atoms with Crippen molar-refractivity contribution in [2.24, 2.45) is 26.8 Å². The smallest absolute Gasteiger partial charge is 0.305 e. The van der Waals surface area contributed by atoms with Gasteiger partial charge in [-0.15, -0.1) is 0 Å². The average Bonchev–Trinajstić information content (AvgIpc) is 3.79. The van der Waals surface area contributed by atoms with Gasteiger partial charge in [-0.3, -0.25) is 9.79 Å². The van der Waals surface area contributed by atoms with Crippen molar-refractivity contribution in [1.82, 2.24) is 4.98 Å². The third-order valence-corrected chi connectivity index (χ3v) is 10.0. The van der Waals surface area contributed by atoms with Crippen LogP contribution in [-0.2, 0) is 16.0 Å². The summed E-state index contributed by atoms with van der Waals surface area (Å²) in [6, 6.07) is 0. The van der Waals surface area contributed by atoms with E-state index in [-0.39, 0.29) is 17.8 Å². The van der Waals surface area contributed by atoms with E-state index in [9.17, 15) is 9.90 Å². The number of nitrogens with one attached hydrogen (secondary N) is 1. The van der Waals surface area contributed by atoms with Gasteiger partial charge in [0.25, 0.3) is 0 Å². The molecule has 0 saturated heterocycles. The fourth-order valence-corrected chi connectivity index (χ4v) is 7.55. The van der Waals surface area contributed by atoms with E-state index in [4.69, 9.17) is 19.7 Å². The van der Waals surface area contributed by atoms with Crippen LogP contribution in [0.4, 0.5) is 0 Å². The predicted octanol–water partition coefficient (Wildman–Crippen LogP) is 8.24. The molecular formula is C37H42N4O3. The van der Waals surface area contributed by atoms with Gasteiger partial charge in [-0.1, -0.05) is 20.8 Å². The van der Waals surface area contributed by atoms with Crippen LogP contribution in [0, 0.1) is 18.8 Å². The molecule has 0 amide bonds. The first kappa shape index (κ1) is 29.8. The maximum atomic E-state index is 12.3. The lowest BCUT2D eigenvalue weighted by Gasteiger charge is -2.20. The first-order chi connectivity index (χ1) is 21.2. The molecule has 1 fully saturated rings. The van der Waals surface area contributed by atoms with Gasteiger partial charge in [0.2, 0.25) is 0 Å². The average molecular weight is 591 g/mol. The molecule has 7 nitrogen and oxygen atoms in total. The van der Waals surface area contributed by atoms with Crippen LogP contribution in [-0.4, -0.2) is 40.3 Å². The van der Waals surface area contributed by atoms with Crippen LogP contribution in [0.1, 0.15) is 89.2 Å². The lowest BCUT2D eigenvalue weighted by Crippen LogP contribution is -2.22. The van der Waals surface area contributed by atoms with Crippen LogP contribution in [0.2, 0.25) is 0 Å². The zero-order chi connectivity index (χ0) is 31.3. The summed E-state index contributed by atoms with van der Waals surface area (Å²) in [7, 11) is 1.44. The number of ether oxygens (including phenoxy) is 1. The summed E-state index contributed by atoms with van der Waals surface area (Å²) in [4.78, 5) is 32.0. The molecule has 2 atom stereocenters. The number of hydrogen-bond donors (Lipinski definition) is 2. The monoisotopic (exact) mass is 590 g/mol. The van der Waals surface area contributed by atoms with E-state index in [1.807, 2.05) is 6.08 Å². The number of fused-ring (bicyclic) bond motifs is 5. The Kier molecular flexibility index (Phi) is 7.91. The molecule has 0 spiro atoms. The molecule has 1 aromatic rings. The van der Waals surface area contributed by atoms with Crippen molar-refractivity contribution in [1.29, 1.82) is 0 Å². The first-order valence-electron chi connectivity index (χ1n) is 15.9. The summed E-state index contributed by atoms with van der Waals surface area (Å²) in [6.45, 7) is 13.1. The summed E-state index contributed by atoms with van der Waals surface area (Å²) < 4.78 is 5.03. The van der Waals surface area contributed by atoms with Crippen molar-refractivity contribution in [3.8, 4) is 0 Å². The standard InChI is InChI=1S/C37H42N4O3/c1-8-23-19(3)29-17-32-24(9-2)21(5)34(40-32)27(11-10-16-42)35-22(6)26(14-15-33(43)44-7)37(41-35)28-13-12-25-20(4)30(39-36(25)28)18-31(23)38-29/h10-11,16-18,22,26,38,42H,8-9,12-15H2,1-7H3/b16-10+,27-11-,30-18?,32-17?,37-28?/t22-,26-/m0/s1. The van der Waals surface area contributed by atoms with Gasteiger partial charge in [0.05, 0.1) is 41.9 Å². The lowest BCUT2D eigenvalue weighted by atomic mass is 9.81. The molecule has 44 heavy (non-hydrogen) atoms. The number of carbonyl (C=O) groups is 1. The zero-order valence-corrected chi connectivity index (χ0v) is 26.9. The number of aliphatic hydroxyl groups excluding tert-OH is 1. The van der Waals surface area contributed by atoms with Gasteiger partial charge in [0.15, 0.2) is 0 Å². The second-order valence-corrected chi connectivity index (χ2v) is 12.2. The van der Waals surface area contributed by atoms with E-state index in [0.29, 0.717) is 12.8 Å². The summed E-state index contributed by atoms with van der Waals surface area (Å²) in [6.07, 6.45) is 13.5. The van der Waals surface area contributed by atoms with Crippen LogP contribution in [0.25, 0.3) is 12.2 Å². The van der Waals surface area contributed by atoms with Gasteiger partial charge in [-0.2, -0.15) is 0 Å². The third kappa shape index (κ3) is 4.73. The summed E-state index contributed by atoms with van der Waals surface area (Å²) in [5.74, 6) is -0.165. The quantitative estimate of drug-likeness (QED) is 0.258. The maximum Gasteiger partial charge on any atom is 0.305 e. The number of aliphatic imine (C=N–C) groups is 3. The van der Waals surface area contributed by atoms with Crippen molar-refractivity contribution in [3.05, 3.63) is 91.5 Å². The Bertz CT molecular complexity index is 1780. The van der Waals surface area contributed by atoms with Gasteiger partial charge < -0.3 is 14.8 Å². The van der Waals surface area contributed by atoms with Gasteiger partial charge in [0, 0.05) is 46.5 Å². The summed E-state index contributed by atoms with van der Waals surface area (Å²) in [5, 5.41) is 9.72. The number of hydrogen-bond acceptors (Lipinski definition) is 6. The molecule has 7 heteroatoms. The SMILES string of the molecule is CCC1=C(C)C2=NC1=Cc1[nH]c(c(CC)c1C)C=C1N=C3C(=C1C)CCC3=C1N=C(/C2=C\C=C\O)[C@@H](C)[C@@H]1CCC(=O)OC.